The summed E-state index contributed by atoms with van der Waals surface area (Å²) in [5.74, 6) is 2.61. The number of nitrogens with one attached hydrogen (secondary N) is 1. The number of ether oxygens (including phenoxy) is 2. The van der Waals surface area contributed by atoms with Crippen LogP contribution in [0.1, 0.15) is 0 Å². The Hall–Kier alpha value is -3.31. The fourth-order valence-electron chi connectivity index (χ4n) is 2.95. The number of para-hydroxylation sites is 1. The average molecular weight is 392 g/mol. The van der Waals surface area contributed by atoms with Crippen LogP contribution in [0.25, 0.3) is 22.3 Å². The Morgan fingerprint density at radius 3 is 2.21 bits per heavy atom. The summed E-state index contributed by atoms with van der Waals surface area (Å²) in [5, 5.41) is 4.88. The number of benzene rings is 3. The average Bonchev–Trinajstić information content (AvgIpc) is 2.73. The molecule has 0 atom stereocenters. The molecule has 0 amide bonds. The van der Waals surface area contributed by atoms with Crippen molar-refractivity contribution in [3.05, 3.63) is 71.8 Å². The van der Waals surface area contributed by atoms with E-state index in [-0.39, 0.29) is 0 Å². The SMILES string of the molecule is COc1cc(Nc2nc(-c3ccccc3Cl)nc3ccccc23)cc(OC)c1. The quantitative estimate of drug-likeness (QED) is 0.472. The fourth-order valence-corrected chi connectivity index (χ4v) is 3.17. The van der Waals surface area contributed by atoms with Gasteiger partial charge in [0.25, 0.3) is 0 Å². The lowest BCUT2D eigenvalue weighted by Crippen LogP contribution is -2.00. The van der Waals surface area contributed by atoms with Crippen molar-refractivity contribution in [2.24, 2.45) is 0 Å². The van der Waals surface area contributed by atoms with Gasteiger partial charge in [-0.2, -0.15) is 0 Å². The van der Waals surface area contributed by atoms with Crippen molar-refractivity contribution in [1.82, 2.24) is 9.97 Å². The molecule has 0 spiro atoms. The van der Waals surface area contributed by atoms with Crippen LogP contribution in [0.2, 0.25) is 5.02 Å². The van der Waals surface area contributed by atoms with Crippen LogP contribution < -0.4 is 14.8 Å². The number of methoxy groups -OCH3 is 2. The van der Waals surface area contributed by atoms with Crippen molar-refractivity contribution < 1.29 is 9.47 Å². The van der Waals surface area contributed by atoms with Crippen molar-refractivity contribution in [2.45, 2.75) is 0 Å². The summed E-state index contributed by atoms with van der Waals surface area (Å²) in [6.07, 6.45) is 0. The van der Waals surface area contributed by atoms with Crippen LogP contribution in [0.4, 0.5) is 11.5 Å². The van der Waals surface area contributed by atoms with E-state index in [9.17, 15) is 0 Å². The summed E-state index contributed by atoms with van der Waals surface area (Å²) in [6, 6.07) is 21.0. The molecule has 1 aromatic heterocycles. The molecule has 0 saturated heterocycles. The summed E-state index contributed by atoms with van der Waals surface area (Å²) in [4.78, 5) is 9.44. The third-order valence-electron chi connectivity index (χ3n) is 4.33. The first-order chi connectivity index (χ1) is 13.7. The van der Waals surface area contributed by atoms with Gasteiger partial charge in [-0.05, 0) is 24.3 Å². The molecular formula is C22H18ClN3O2. The molecule has 1 heterocycles. The van der Waals surface area contributed by atoms with E-state index in [2.05, 4.69) is 5.32 Å². The lowest BCUT2D eigenvalue weighted by molar-refractivity contribution is 0.395. The molecule has 4 aromatic rings. The molecule has 28 heavy (non-hydrogen) atoms. The number of hydrogen-bond donors (Lipinski definition) is 1. The van der Waals surface area contributed by atoms with Crippen molar-refractivity contribution in [3.8, 4) is 22.9 Å². The zero-order chi connectivity index (χ0) is 19.5. The van der Waals surface area contributed by atoms with E-state index < -0.39 is 0 Å². The van der Waals surface area contributed by atoms with Crippen LogP contribution in [0.3, 0.4) is 0 Å². The molecule has 0 saturated carbocycles. The van der Waals surface area contributed by atoms with Gasteiger partial charge in [0.15, 0.2) is 5.82 Å². The van der Waals surface area contributed by atoms with Crippen LogP contribution in [-0.4, -0.2) is 24.2 Å². The second-order valence-corrected chi connectivity index (χ2v) is 6.53. The molecule has 0 fully saturated rings. The highest BCUT2D eigenvalue weighted by Crippen LogP contribution is 2.32. The molecule has 5 nitrogen and oxygen atoms in total. The molecule has 0 radical (unpaired) electrons. The van der Waals surface area contributed by atoms with E-state index in [0.29, 0.717) is 28.2 Å². The monoisotopic (exact) mass is 391 g/mol. The lowest BCUT2D eigenvalue weighted by Gasteiger charge is -2.13. The zero-order valence-electron chi connectivity index (χ0n) is 15.4. The molecule has 0 aliphatic heterocycles. The van der Waals surface area contributed by atoms with Crippen molar-refractivity contribution >= 4 is 34.0 Å². The van der Waals surface area contributed by atoms with Gasteiger partial charge in [-0.1, -0.05) is 35.9 Å². The van der Waals surface area contributed by atoms with E-state index in [1.807, 2.05) is 66.7 Å². The van der Waals surface area contributed by atoms with Gasteiger partial charge in [-0.3, -0.25) is 0 Å². The Labute approximate surface area is 167 Å². The molecule has 0 aliphatic rings. The molecule has 140 valence electrons. The molecule has 4 rings (SSSR count). The largest absolute Gasteiger partial charge is 0.497 e. The molecule has 0 aliphatic carbocycles. The Balaban J connectivity index is 1.86. The maximum atomic E-state index is 6.37. The normalized spacial score (nSPS) is 10.7. The highest BCUT2D eigenvalue weighted by molar-refractivity contribution is 6.33. The maximum absolute atomic E-state index is 6.37. The van der Waals surface area contributed by atoms with Crippen LogP contribution in [0.5, 0.6) is 11.5 Å². The van der Waals surface area contributed by atoms with Gasteiger partial charge in [-0.15, -0.1) is 0 Å². The van der Waals surface area contributed by atoms with E-state index in [1.54, 1.807) is 14.2 Å². The lowest BCUT2D eigenvalue weighted by atomic mass is 10.1. The van der Waals surface area contributed by atoms with E-state index in [1.165, 1.54) is 0 Å². The molecule has 1 N–H and O–H groups in total. The van der Waals surface area contributed by atoms with Crippen molar-refractivity contribution in [1.29, 1.82) is 0 Å². The van der Waals surface area contributed by atoms with Crippen molar-refractivity contribution in [2.75, 3.05) is 19.5 Å². The number of halogens is 1. The Bertz CT molecular complexity index is 1130. The van der Waals surface area contributed by atoms with Gasteiger partial charge in [0, 0.05) is 34.8 Å². The summed E-state index contributed by atoms with van der Waals surface area (Å²) < 4.78 is 10.7. The number of hydrogen-bond acceptors (Lipinski definition) is 5. The number of anilines is 2. The minimum atomic E-state index is 0.557. The summed E-state index contributed by atoms with van der Waals surface area (Å²) in [6.45, 7) is 0. The van der Waals surface area contributed by atoms with Gasteiger partial charge in [0.2, 0.25) is 0 Å². The molecule has 6 heteroatoms. The number of fused-ring (bicyclic) bond motifs is 1. The highest BCUT2D eigenvalue weighted by Gasteiger charge is 2.12. The standard InChI is InChI=1S/C22H18ClN3O2/c1-27-15-11-14(12-16(13-15)28-2)24-22-18-8-4-6-10-20(18)25-21(26-22)17-7-3-5-9-19(17)23/h3-13H,1-2H3,(H,24,25,26). The van der Waals surface area contributed by atoms with Gasteiger partial charge < -0.3 is 14.8 Å². The molecule has 3 aromatic carbocycles. The van der Waals surface area contributed by atoms with Crippen LogP contribution >= 0.6 is 11.6 Å². The third-order valence-corrected chi connectivity index (χ3v) is 4.66. The fraction of sp³-hybridized carbons (Fsp3) is 0.0909. The van der Waals surface area contributed by atoms with Gasteiger partial charge >= 0.3 is 0 Å². The Morgan fingerprint density at radius 1 is 0.821 bits per heavy atom. The topological polar surface area (TPSA) is 56.3 Å². The summed E-state index contributed by atoms with van der Waals surface area (Å²) in [7, 11) is 3.24. The van der Waals surface area contributed by atoms with E-state index >= 15 is 0 Å². The molecule has 0 unspecified atom stereocenters. The van der Waals surface area contributed by atoms with Gasteiger partial charge in [-0.25, -0.2) is 9.97 Å². The molecular weight excluding hydrogens is 374 g/mol. The van der Waals surface area contributed by atoms with E-state index in [4.69, 9.17) is 31.0 Å². The maximum Gasteiger partial charge on any atom is 0.163 e. The van der Waals surface area contributed by atoms with Crippen molar-refractivity contribution in [3.63, 3.8) is 0 Å². The Kier molecular flexibility index (Phi) is 5.00. The molecule has 0 bridgehead atoms. The first kappa shape index (κ1) is 18.1. The van der Waals surface area contributed by atoms with Gasteiger partial charge in [0.1, 0.15) is 17.3 Å². The first-order valence-corrected chi connectivity index (χ1v) is 9.07. The second-order valence-electron chi connectivity index (χ2n) is 6.12. The number of nitrogens with zero attached hydrogens (tertiary/aromatic N) is 2. The van der Waals surface area contributed by atoms with Gasteiger partial charge in [0.05, 0.1) is 24.8 Å². The first-order valence-electron chi connectivity index (χ1n) is 8.69. The predicted octanol–water partition coefficient (Wildman–Crippen LogP) is 5.71. The van der Waals surface area contributed by atoms with Crippen LogP contribution in [0, 0.1) is 0 Å². The smallest absolute Gasteiger partial charge is 0.163 e. The van der Waals surface area contributed by atoms with Crippen LogP contribution in [0.15, 0.2) is 66.7 Å². The van der Waals surface area contributed by atoms with E-state index in [0.717, 1.165) is 22.2 Å². The number of aromatic nitrogens is 2. The minimum Gasteiger partial charge on any atom is -0.497 e. The summed E-state index contributed by atoms with van der Waals surface area (Å²) in [5.41, 5.74) is 2.40. The highest BCUT2D eigenvalue weighted by atomic mass is 35.5. The Morgan fingerprint density at radius 2 is 1.50 bits per heavy atom. The number of rotatable bonds is 5. The van der Waals surface area contributed by atoms with Crippen LogP contribution in [-0.2, 0) is 0 Å². The zero-order valence-corrected chi connectivity index (χ0v) is 16.2. The minimum absolute atomic E-state index is 0.557. The summed E-state index contributed by atoms with van der Waals surface area (Å²) >= 11 is 6.37. The third kappa shape index (κ3) is 3.57. The predicted molar refractivity (Wildman–Crippen MR) is 113 cm³/mol. The second kappa shape index (κ2) is 7.74.